The number of aromatic nitrogens is 2. The number of hydrogen-bond acceptors (Lipinski definition) is 2. The molecule has 0 radical (unpaired) electrons. The highest BCUT2D eigenvalue weighted by Gasteiger charge is 2.05. The van der Waals surface area contributed by atoms with Crippen LogP contribution in [0, 0.1) is 6.92 Å². The Hall–Kier alpha value is -1.42. The second-order valence-electron chi connectivity index (χ2n) is 3.56. The summed E-state index contributed by atoms with van der Waals surface area (Å²) in [6.45, 7) is 2.57. The van der Waals surface area contributed by atoms with Crippen molar-refractivity contribution in [3.8, 4) is 0 Å². The molecule has 1 heterocycles. The first kappa shape index (κ1) is 11.1. The molecular weight excluding hydrogens is 268 g/mol. The van der Waals surface area contributed by atoms with Gasteiger partial charge in [0.15, 0.2) is 6.29 Å². The molecule has 0 fully saturated rings. The molecule has 1 aromatic heterocycles. The molecule has 2 rings (SSSR count). The highest BCUT2D eigenvalue weighted by molar-refractivity contribution is 9.10. The van der Waals surface area contributed by atoms with Crippen molar-refractivity contribution in [3.63, 3.8) is 0 Å². The Morgan fingerprint density at radius 1 is 1.38 bits per heavy atom. The standard InChI is InChI=1S/C12H11BrN2O/c1-9-14-6-12(8-16)15(9)7-10-2-4-11(13)5-3-10/h2-6,8H,7H2,1H3. The molecule has 0 saturated carbocycles. The van der Waals surface area contributed by atoms with Crippen LogP contribution >= 0.6 is 15.9 Å². The van der Waals surface area contributed by atoms with Crippen molar-refractivity contribution in [1.29, 1.82) is 0 Å². The van der Waals surface area contributed by atoms with E-state index in [-0.39, 0.29) is 0 Å². The van der Waals surface area contributed by atoms with Crippen molar-refractivity contribution >= 4 is 22.2 Å². The monoisotopic (exact) mass is 278 g/mol. The van der Waals surface area contributed by atoms with Gasteiger partial charge in [0, 0.05) is 11.0 Å². The average molecular weight is 279 g/mol. The van der Waals surface area contributed by atoms with Crippen LogP contribution in [-0.4, -0.2) is 15.8 Å². The van der Waals surface area contributed by atoms with Crippen molar-refractivity contribution in [3.05, 3.63) is 52.0 Å². The highest BCUT2D eigenvalue weighted by atomic mass is 79.9. The van der Waals surface area contributed by atoms with Gasteiger partial charge in [0.1, 0.15) is 11.5 Å². The summed E-state index contributed by atoms with van der Waals surface area (Å²) in [7, 11) is 0. The minimum Gasteiger partial charge on any atom is -0.322 e. The van der Waals surface area contributed by atoms with Crippen molar-refractivity contribution in [2.45, 2.75) is 13.5 Å². The third kappa shape index (κ3) is 2.22. The Morgan fingerprint density at radius 2 is 2.06 bits per heavy atom. The zero-order valence-corrected chi connectivity index (χ0v) is 10.4. The lowest BCUT2D eigenvalue weighted by Gasteiger charge is -2.07. The lowest BCUT2D eigenvalue weighted by Crippen LogP contribution is -2.05. The van der Waals surface area contributed by atoms with Gasteiger partial charge in [-0.3, -0.25) is 4.79 Å². The molecule has 2 aromatic rings. The Bertz CT molecular complexity index is 502. The quantitative estimate of drug-likeness (QED) is 0.810. The van der Waals surface area contributed by atoms with Gasteiger partial charge in [-0.1, -0.05) is 28.1 Å². The third-order valence-electron chi connectivity index (χ3n) is 2.46. The predicted molar refractivity (Wildman–Crippen MR) is 65.6 cm³/mol. The number of carbonyl (C=O) groups excluding carboxylic acids is 1. The molecule has 16 heavy (non-hydrogen) atoms. The van der Waals surface area contributed by atoms with E-state index in [1.165, 1.54) is 0 Å². The maximum absolute atomic E-state index is 10.8. The molecule has 0 N–H and O–H groups in total. The summed E-state index contributed by atoms with van der Waals surface area (Å²) in [5, 5.41) is 0. The van der Waals surface area contributed by atoms with Crippen molar-refractivity contribution in [1.82, 2.24) is 9.55 Å². The fourth-order valence-electron chi connectivity index (χ4n) is 1.56. The number of hydrogen-bond donors (Lipinski definition) is 0. The molecule has 3 nitrogen and oxygen atoms in total. The van der Waals surface area contributed by atoms with Gasteiger partial charge < -0.3 is 4.57 Å². The smallest absolute Gasteiger partial charge is 0.168 e. The SMILES string of the molecule is Cc1ncc(C=O)n1Cc1ccc(Br)cc1. The topological polar surface area (TPSA) is 34.9 Å². The van der Waals surface area contributed by atoms with Crippen LogP contribution in [-0.2, 0) is 6.54 Å². The van der Waals surface area contributed by atoms with E-state index in [0.29, 0.717) is 12.2 Å². The van der Waals surface area contributed by atoms with Crippen LogP contribution in [0.25, 0.3) is 0 Å². The normalized spacial score (nSPS) is 10.4. The molecule has 0 saturated heterocycles. The molecule has 0 aliphatic rings. The highest BCUT2D eigenvalue weighted by Crippen LogP contribution is 2.13. The minimum atomic E-state index is 0.611. The summed E-state index contributed by atoms with van der Waals surface area (Å²) >= 11 is 3.39. The first-order valence-electron chi connectivity index (χ1n) is 4.92. The number of imidazole rings is 1. The predicted octanol–water partition coefficient (Wildman–Crippen LogP) is 2.81. The Kier molecular flexibility index (Phi) is 3.19. The lowest BCUT2D eigenvalue weighted by molar-refractivity contribution is 0.111. The molecule has 0 aliphatic carbocycles. The second-order valence-corrected chi connectivity index (χ2v) is 4.48. The zero-order chi connectivity index (χ0) is 11.5. The van der Waals surface area contributed by atoms with Gasteiger partial charge in [0.2, 0.25) is 0 Å². The van der Waals surface area contributed by atoms with Crippen LogP contribution in [0.3, 0.4) is 0 Å². The average Bonchev–Trinajstić information content (AvgIpc) is 2.63. The Balaban J connectivity index is 2.29. The van der Waals surface area contributed by atoms with E-state index < -0.39 is 0 Å². The molecule has 0 spiro atoms. The summed E-state index contributed by atoms with van der Waals surface area (Å²) < 4.78 is 2.95. The molecule has 0 atom stereocenters. The number of aryl methyl sites for hydroxylation is 1. The maximum Gasteiger partial charge on any atom is 0.168 e. The summed E-state index contributed by atoms with van der Waals surface area (Å²) in [5.74, 6) is 0.852. The van der Waals surface area contributed by atoms with E-state index in [9.17, 15) is 4.79 Å². The molecule has 1 aromatic carbocycles. The molecule has 0 unspecified atom stereocenters. The van der Waals surface area contributed by atoms with Gasteiger partial charge >= 0.3 is 0 Å². The molecule has 82 valence electrons. The van der Waals surface area contributed by atoms with Crippen LogP contribution in [0.2, 0.25) is 0 Å². The Morgan fingerprint density at radius 3 is 2.69 bits per heavy atom. The molecule has 4 heteroatoms. The van der Waals surface area contributed by atoms with Crippen molar-refractivity contribution in [2.75, 3.05) is 0 Å². The molecule has 0 aliphatic heterocycles. The molecule has 0 bridgehead atoms. The molecule has 0 amide bonds. The van der Waals surface area contributed by atoms with Gasteiger partial charge in [-0.2, -0.15) is 0 Å². The molecular formula is C12H11BrN2O. The lowest BCUT2D eigenvalue weighted by atomic mass is 10.2. The van der Waals surface area contributed by atoms with E-state index in [4.69, 9.17) is 0 Å². The van der Waals surface area contributed by atoms with Crippen molar-refractivity contribution in [2.24, 2.45) is 0 Å². The summed E-state index contributed by atoms with van der Waals surface area (Å²) in [6, 6.07) is 8.03. The van der Waals surface area contributed by atoms with Gasteiger partial charge in [0.25, 0.3) is 0 Å². The van der Waals surface area contributed by atoms with Gasteiger partial charge in [-0.05, 0) is 24.6 Å². The fourth-order valence-corrected chi connectivity index (χ4v) is 1.82. The number of nitrogens with zero attached hydrogens (tertiary/aromatic N) is 2. The van der Waals surface area contributed by atoms with Crippen LogP contribution in [0.1, 0.15) is 21.9 Å². The van der Waals surface area contributed by atoms with Gasteiger partial charge in [0.05, 0.1) is 6.20 Å². The van der Waals surface area contributed by atoms with Gasteiger partial charge in [-0.25, -0.2) is 4.98 Å². The summed E-state index contributed by atoms with van der Waals surface area (Å²) in [6.07, 6.45) is 2.43. The summed E-state index contributed by atoms with van der Waals surface area (Å²) in [5.41, 5.74) is 1.76. The fraction of sp³-hybridized carbons (Fsp3) is 0.167. The third-order valence-corrected chi connectivity index (χ3v) is 2.99. The van der Waals surface area contributed by atoms with E-state index in [0.717, 1.165) is 22.1 Å². The first-order chi connectivity index (χ1) is 7.70. The van der Waals surface area contributed by atoms with E-state index in [2.05, 4.69) is 20.9 Å². The number of benzene rings is 1. The largest absolute Gasteiger partial charge is 0.322 e. The number of aldehydes is 1. The van der Waals surface area contributed by atoms with Crippen LogP contribution in [0.4, 0.5) is 0 Å². The minimum absolute atomic E-state index is 0.611. The van der Waals surface area contributed by atoms with Crippen LogP contribution in [0.15, 0.2) is 34.9 Å². The van der Waals surface area contributed by atoms with Crippen LogP contribution < -0.4 is 0 Å². The number of rotatable bonds is 3. The Labute approximate surface area is 102 Å². The van der Waals surface area contributed by atoms with Crippen molar-refractivity contribution < 1.29 is 4.79 Å². The van der Waals surface area contributed by atoms with Crippen LogP contribution in [0.5, 0.6) is 0 Å². The van der Waals surface area contributed by atoms with E-state index in [1.807, 2.05) is 35.8 Å². The maximum atomic E-state index is 10.8. The van der Waals surface area contributed by atoms with E-state index in [1.54, 1.807) is 6.20 Å². The zero-order valence-electron chi connectivity index (χ0n) is 8.85. The number of carbonyl (C=O) groups is 1. The second kappa shape index (κ2) is 4.61. The van der Waals surface area contributed by atoms with Gasteiger partial charge in [-0.15, -0.1) is 0 Å². The first-order valence-corrected chi connectivity index (χ1v) is 5.72. The number of halogens is 1. The van der Waals surface area contributed by atoms with E-state index >= 15 is 0 Å². The summed E-state index contributed by atoms with van der Waals surface area (Å²) in [4.78, 5) is 14.9.